The van der Waals surface area contributed by atoms with Gasteiger partial charge in [-0.05, 0) is 46.1 Å². The molecule has 1 aromatic heterocycles. The van der Waals surface area contributed by atoms with E-state index in [1.165, 1.54) is 5.56 Å². The molecule has 0 spiro atoms. The molecule has 3 N–H and O–H groups in total. The number of aliphatic imine (C=N–C) groups is 1. The summed E-state index contributed by atoms with van der Waals surface area (Å²) >= 11 is 0. The van der Waals surface area contributed by atoms with Gasteiger partial charge in [-0.15, -0.1) is 24.0 Å². The number of ether oxygens (including phenoxy) is 1. The fourth-order valence-electron chi connectivity index (χ4n) is 2.06. The van der Waals surface area contributed by atoms with Gasteiger partial charge in [-0.3, -0.25) is 9.67 Å². The lowest BCUT2D eigenvalue weighted by atomic mass is 10.2. The van der Waals surface area contributed by atoms with E-state index in [1.807, 2.05) is 44.8 Å². The van der Waals surface area contributed by atoms with Crippen molar-refractivity contribution in [3.8, 4) is 0 Å². The van der Waals surface area contributed by atoms with Gasteiger partial charge in [0.05, 0.1) is 6.20 Å². The standard InChI is InChI=1S/C17H32N6O2.HI/c1-14-12-22-23(13-14)11-7-10-20-15(18-5)19-8-6-9-21-16(24)25-17(2,3)4;/h12-13H,6-11H2,1-5H3,(H,21,24)(H2,18,19,20);1H. The van der Waals surface area contributed by atoms with Gasteiger partial charge in [-0.25, -0.2) is 4.79 Å². The summed E-state index contributed by atoms with van der Waals surface area (Å²) < 4.78 is 7.12. The number of alkyl carbamates (subject to hydrolysis) is 1. The molecule has 26 heavy (non-hydrogen) atoms. The minimum atomic E-state index is -0.469. The van der Waals surface area contributed by atoms with Gasteiger partial charge < -0.3 is 20.7 Å². The Kier molecular flexibility index (Phi) is 12.0. The third kappa shape index (κ3) is 11.9. The van der Waals surface area contributed by atoms with Crippen molar-refractivity contribution in [1.82, 2.24) is 25.7 Å². The van der Waals surface area contributed by atoms with Crippen molar-refractivity contribution >= 4 is 36.0 Å². The topological polar surface area (TPSA) is 92.6 Å². The van der Waals surface area contributed by atoms with Crippen molar-refractivity contribution in [2.75, 3.05) is 26.7 Å². The van der Waals surface area contributed by atoms with Crippen LogP contribution in [0, 0.1) is 6.92 Å². The van der Waals surface area contributed by atoms with E-state index < -0.39 is 5.60 Å². The van der Waals surface area contributed by atoms with Crippen LogP contribution in [0.3, 0.4) is 0 Å². The smallest absolute Gasteiger partial charge is 0.407 e. The van der Waals surface area contributed by atoms with Gasteiger partial charge in [0.1, 0.15) is 5.60 Å². The fourth-order valence-corrected chi connectivity index (χ4v) is 2.06. The van der Waals surface area contributed by atoms with E-state index in [4.69, 9.17) is 4.74 Å². The number of carbonyl (C=O) groups is 1. The maximum atomic E-state index is 11.5. The molecule has 0 saturated carbocycles. The summed E-state index contributed by atoms with van der Waals surface area (Å²) in [7, 11) is 1.74. The summed E-state index contributed by atoms with van der Waals surface area (Å²) in [6.07, 6.45) is 5.25. The third-order valence-electron chi connectivity index (χ3n) is 3.16. The highest BCUT2D eigenvalue weighted by Crippen LogP contribution is 2.06. The summed E-state index contributed by atoms with van der Waals surface area (Å²) in [6.45, 7) is 10.5. The largest absolute Gasteiger partial charge is 0.444 e. The molecular weight excluding hydrogens is 447 g/mol. The number of hydrogen-bond acceptors (Lipinski definition) is 4. The molecule has 1 amide bonds. The minimum absolute atomic E-state index is 0. The molecule has 1 rings (SSSR count). The molecule has 0 bridgehead atoms. The molecule has 0 radical (unpaired) electrons. The molecule has 150 valence electrons. The quantitative estimate of drug-likeness (QED) is 0.230. The highest BCUT2D eigenvalue weighted by Gasteiger charge is 2.15. The number of carbonyl (C=O) groups excluding carboxylic acids is 1. The minimum Gasteiger partial charge on any atom is -0.444 e. The Morgan fingerprint density at radius 1 is 1.19 bits per heavy atom. The van der Waals surface area contributed by atoms with E-state index in [2.05, 4.69) is 26.0 Å². The summed E-state index contributed by atoms with van der Waals surface area (Å²) in [4.78, 5) is 15.7. The van der Waals surface area contributed by atoms with Crippen molar-refractivity contribution in [2.24, 2.45) is 4.99 Å². The van der Waals surface area contributed by atoms with Crippen LogP contribution >= 0.6 is 24.0 Å². The molecule has 0 saturated heterocycles. The molecule has 0 aliphatic heterocycles. The second kappa shape index (κ2) is 12.8. The fraction of sp³-hybridized carbons (Fsp3) is 0.706. The van der Waals surface area contributed by atoms with Crippen LogP contribution in [0.4, 0.5) is 4.79 Å². The number of nitrogens with one attached hydrogen (secondary N) is 3. The predicted octanol–water partition coefficient (Wildman–Crippen LogP) is 2.28. The van der Waals surface area contributed by atoms with Crippen LogP contribution in [-0.4, -0.2) is 54.1 Å². The molecule has 0 aliphatic carbocycles. The number of rotatable bonds is 8. The molecule has 1 heterocycles. The first-order chi connectivity index (χ1) is 11.8. The van der Waals surface area contributed by atoms with Gasteiger partial charge in [-0.2, -0.15) is 5.10 Å². The summed E-state index contributed by atoms with van der Waals surface area (Å²) in [5.74, 6) is 0.758. The van der Waals surface area contributed by atoms with Gasteiger partial charge in [0, 0.05) is 39.4 Å². The number of aromatic nitrogens is 2. The van der Waals surface area contributed by atoms with E-state index in [-0.39, 0.29) is 30.1 Å². The normalized spacial score (nSPS) is 11.5. The van der Waals surface area contributed by atoms with Crippen molar-refractivity contribution in [3.63, 3.8) is 0 Å². The number of guanidine groups is 1. The summed E-state index contributed by atoms with van der Waals surface area (Å²) in [5.41, 5.74) is 0.703. The van der Waals surface area contributed by atoms with Gasteiger partial charge in [0.15, 0.2) is 5.96 Å². The first-order valence-corrected chi connectivity index (χ1v) is 8.70. The van der Waals surface area contributed by atoms with Crippen LogP contribution in [0.15, 0.2) is 17.4 Å². The van der Waals surface area contributed by atoms with Crippen LogP contribution in [0.25, 0.3) is 0 Å². The molecule has 0 aromatic carbocycles. The first kappa shape index (κ1) is 24.5. The van der Waals surface area contributed by atoms with Crippen LogP contribution in [0.2, 0.25) is 0 Å². The summed E-state index contributed by atoms with van der Waals surface area (Å²) in [5, 5.41) is 13.5. The number of nitrogens with zero attached hydrogens (tertiary/aromatic N) is 3. The average molecular weight is 480 g/mol. The predicted molar refractivity (Wildman–Crippen MR) is 115 cm³/mol. The zero-order valence-electron chi connectivity index (χ0n) is 16.5. The lowest BCUT2D eigenvalue weighted by Gasteiger charge is -2.19. The van der Waals surface area contributed by atoms with Gasteiger partial charge >= 0.3 is 6.09 Å². The van der Waals surface area contributed by atoms with Gasteiger partial charge in [-0.1, -0.05) is 0 Å². The lowest BCUT2D eigenvalue weighted by molar-refractivity contribution is 0.0527. The van der Waals surface area contributed by atoms with Crippen LogP contribution in [0.5, 0.6) is 0 Å². The lowest BCUT2D eigenvalue weighted by Crippen LogP contribution is -2.39. The van der Waals surface area contributed by atoms with Crippen LogP contribution in [-0.2, 0) is 11.3 Å². The van der Waals surface area contributed by atoms with Crippen molar-refractivity contribution in [2.45, 2.75) is 52.7 Å². The van der Waals surface area contributed by atoms with Crippen molar-refractivity contribution < 1.29 is 9.53 Å². The molecular formula is C17H33IN6O2. The van der Waals surface area contributed by atoms with E-state index >= 15 is 0 Å². The maximum absolute atomic E-state index is 11.5. The van der Waals surface area contributed by atoms with Crippen molar-refractivity contribution in [3.05, 3.63) is 18.0 Å². The van der Waals surface area contributed by atoms with Crippen molar-refractivity contribution in [1.29, 1.82) is 0 Å². The second-order valence-corrected chi connectivity index (χ2v) is 6.84. The average Bonchev–Trinajstić information content (AvgIpc) is 2.92. The molecule has 0 unspecified atom stereocenters. The molecule has 9 heteroatoms. The SMILES string of the molecule is CN=C(NCCCNC(=O)OC(C)(C)C)NCCCn1cc(C)cn1.I. The molecule has 0 fully saturated rings. The Bertz CT molecular complexity index is 554. The molecule has 0 aliphatic rings. The van der Waals surface area contributed by atoms with E-state index in [1.54, 1.807) is 7.05 Å². The Morgan fingerprint density at radius 2 is 1.81 bits per heavy atom. The first-order valence-electron chi connectivity index (χ1n) is 8.70. The van der Waals surface area contributed by atoms with Gasteiger partial charge in [0.2, 0.25) is 0 Å². The monoisotopic (exact) mass is 480 g/mol. The maximum Gasteiger partial charge on any atom is 0.407 e. The highest BCUT2D eigenvalue weighted by atomic mass is 127. The summed E-state index contributed by atoms with van der Waals surface area (Å²) in [6, 6.07) is 0. The highest BCUT2D eigenvalue weighted by molar-refractivity contribution is 14.0. The zero-order chi connectivity index (χ0) is 18.7. The Labute approximate surface area is 173 Å². The van der Waals surface area contributed by atoms with E-state index in [9.17, 15) is 4.79 Å². The van der Waals surface area contributed by atoms with E-state index in [0.717, 1.165) is 31.9 Å². The second-order valence-electron chi connectivity index (χ2n) is 6.84. The zero-order valence-corrected chi connectivity index (χ0v) is 18.8. The number of halogens is 1. The number of amides is 1. The Balaban J connectivity index is 0.00000625. The van der Waals surface area contributed by atoms with Crippen LogP contribution in [0.1, 0.15) is 39.2 Å². The number of hydrogen-bond donors (Lipinski definition) is 3. The van der Waals surface area contributed by atoms with Gasteiger partial charge in [0.25, 0.3) is 0 Å². The Hall–Kier alpha value is -1.52. The number of aryl methyl sites for hydroxylation is 2. The third-order valence-corrected chi connectivity index (χ3v) is 3.16. The molecule has 8 nitrogen and oxygen atoms in total. The van der Waals surface area contributed by atoms with Crippen LogP contribution < -0.4 is 16.0 Å². The molecule has 1 aromatic rings. The van der Waals surface area contributed by atoms with E-state index in [0.29, 0.717) is 13.1 Å². The molecule has 0 atom stereocenters. The Morgan fingerprint density at radius 3 is 2.35 bits per heavy atom.